The van der Waals surface area contributed by atoms with Gasteiger partial charge in [0.25, 0.3) is 5.56 Å². The Labute approximate surface area is 95.7 Å². The van der Waals surface area contributed by atoms with Gasteiger partial charge in [-0.2, -0.15) is 0 Å². The van der Waals surface area contributed by atoms with Gasteiger partial charge < -0.3 is 9.67 Å². The topological polar surface area (TPSA) is 42.2 Å². The normalized spacial score (nSPS) is 10.9. The van der Waals surface area contributed by atoms with E-state index in [9.17, 15) is 9.18 Å². The fourth-order valence-electron chi connectivity index (χ4n) is 1.64. The van der Waals surface area contributed by atoms with Gasteiger partial charge in [-0.3, -0.25) is 4.79 Å². The number of aliphatic hydroxyl groups excluding tert-OH is 1. The van der Waals surface area contributed by atoms with Crippen LogP contribution >= 0.6 is 11.6 Å². The summed E-state index contributed by atoms with van der Waals surface area (Å²) >= 11 is 5.89. The maximum atomic E-state index is 13.1. The molecule has 0 unspecified atom stereocenters. The van der Waals surface area contributed by atoms with Crippen molar-refractivity contribution >= 4 is 22.5 Å². The molecule has 1 aromatic heterocycles. The van der Waals surface area contributed by atoms with Crippen LogP contribution in [0.2, 0.25) is 5.02 Å². The van der Waals surface area contributed by atoms with Gasteiger partial charge in [-0.15, -0.1) is 0 Å². The Hall–Kier alpha value is -1.39. The summed E-state index contributed by atoms with van der Waals surface area (Å²) in [7, 11) is 0. The Morgan fingerprint density at radius 3 is 2.81 bits per heavy atom. The molecular weight excluding hydrogens is 233 g/mol. The minimum Gasteiger partial charge on any atom is -0.395 e. The van der Waals surface area contributed by atoms with Gasteiger partial charge in [-0.1, -0.05) is 11.6 Å². The molecule has 3 nitrogen and oxygen atoms in total. The van der Waals surface area contributed by atoms with Gasteiger partial charge >= 0.3 is 0 Å². The molecule has 16 heavy (non-hydrogen) atoms. The number of nitrogens with zero attached hydrogens (tertiary/aromatic N) is 1. The van der Waals surface area contributed by atoms with Crippen molar-refractivity contribution in [2.75, 3.05) is 6.61 Å². The number of rotatable bonds is 2. The summed E-state index contributed by atoms with van der Waals surface area (Å²) in [5, 5.41) is 9.74. The monoisotopic (exact) mass is 241 g/mol. The molecule has 0 fully saturated rings. The molecule has 84 valence electrons. The SMILES string of the molecule is O=c1cc(Cl)c2ccc(F)cc2n1CCO. The molecule has 0 amide bonds. The lowest BCUT2D eigenvalue weighted by Gasteiger charge is -2.09. The predicted molar refractivity (Wildman–Crippen MR) is 60.3 cm³/mol. The fourth-order valence-corrected chi connectivity index (χ4v) is 1.90. The number of hydrogen-bond donors (Lipinski definition) is 1. The highest BCUT2D eigenvalue weighted by molar-refractivity contribution is 6.35. The summed E-state index contributed by atoms with van der Waals surface area (Å²) in [5.41, 5.74) is 0.0451. The zero-order valence-electron chi connectivity index (χ0n) is 8.28. The number of aromatic nitrogens is 1. The molecule has 0 aliphatic heterocycles. The highest BCUT2D eigenvalue weighted by atomic mass is 35.5. The van der Waals surface area contributed by atoms with Crippen molar-refractivity contribution in [2.24, 2.45) is 0 Å². The minimum atomic E-state index is -0.444. The zero-order valence-corrected chi connectivity index (χ0v) is 9.04. The van der Waals surface area contributed by atoms with E-state index in [2.05, 4.69) is 0 Å². The second-order valence-corrected chi connectivity index (χ2v) is 3.77. The third-order valence-electron chi connectivity index (χ3n) is 2.35. The highest BCUT2D eigenvalue weighted by Gasteiger charge is 2.07. The number of pyridine rings is 1. The van der Waals surface area contributed by atoms with Gasteiger partial charge in [0.05, 0.1) is 17.1 Å². The van der Waals surface area contributed by atoms with Crippen molar-refractivity contribution in [3.05, 3.63) is 45.5 Å². The van der Waals surface area contributed by atoms with E-state index in [1.807, 2.05) is 0 Å². The van der Waals surface area contributed by atoms with E-state index < -0.39 is 5.82 Å². The van der Waals surface area contributed by atoms with Crippen molar-refractivity contribution in [2.45, 2.75) is 6.54 Å². The van der Waals surface area contributed by atoms with Gasteiger partial charge in [-0.25, -0.2) is 4.39 Å². The average molecular weight is 242 g/mol. The fraction of sp³-hybridized carbons (Fsp3) is 0.182. The lowest BCUT2D eigenvalue weighted by Crippen LogP contribution is -2.21. The summed E-state index contributed by atoms with van der Waals surface area (Å²) in [6.07, 6.45) is 0. The van der Waals surface area contributed by atoms with Gasteiger partial charge in [0.2, 0.25) is 0 Å². The van der Waals surface area contributed by atoms with E-state index in [0.29, 0.717) is 10.9 Å². The standard InChI is InChI=1S/C11H9ClFNO2/c12-9-6-11(16)14(3-4-15)10-5-7(13)1-2-8(9)10/h1-2,5-6,15H,3-4H2. The van der Waals surface area contributed by atoms with E-state index in [0.717, 1.165) is 0 Å². The number of fused-ring (bicyclic) bond motifs is 1. The summed E-state index contributed by atoms with van der Waals surface area (Å²) in [6, 6.07) is 5.29. The summed E-state index contributed by atoms with van der Waals surface area (Å²) in [6.45, 7) is -0.0664. The molecule has 2 aromatic rings. The number of halogens is 2. The maximum Gasteiger partial charge on any atom is 0.252 e. The molecule has 0 aliphatic carbocycles. The van der Waals surface area contributed by atoms with Gasteiger partial charge in [-0.05, 0) is 18.2 Å². The van der Waals surface area contributed by atoms with Crippen LogP contribution in [-0.4, -0.2) is 16.3 Å². The van der Waals surface area contributed by atoms with Gasteiger partial charge in [0.15, 0.2) is 0 Å². The van der Waals surface area contributed by atoms with Crippen LogP contribution in [0.15, 0.2) is 29.1 Å². The van der Waals surface area contributed by atoms with E-state index in [4.69, 9.17) is 16.7 Å². The van der Waals surface area contributed by atoms with Gasteiger partial charge in [0, 0.05) is 18.0 Å². The van der Waals surface area contributed by atoms with E-state index in [-0.39, 0.29) is 23.7 Å². The molecule has 0 aliphatic rings. The van der Waals surface area contributed by atoms with Crippen LogP contribution < -0.4 is 5.56 Å². The van der Waals surface area contributed by atoms with Crippen molar-refractivity contribution in [3.63, 3.8) is 0 Å². The smallest absolute Gasteiger partial charge is 0.252 e. The molecule has 0 bridgehead atoms. The lowest BCUT2D eigenvalue weighted by molar-refractivity contribution is 0.276. The molecule has 1 heterocycles. The average Bonchev–Trinajstić information content (AvgIpc) is 2.23. The first-order valence-electron chi connectivity index (χ1n) is 4.73. The van der Waals surface area contributed by atoms with Crippen LogP contribution in [0.5, 0.6) is 0 Å². The second-order valence-electron chi connectivity index (χ2n) is 3.37. The molecule has 0 atom stereocenters. The quantitative estimate of drug-likeness (QED) is 0.871. The number of aliphatic hydroxyl groups is 1. The molecule has 1 aromatic carbocycles. The largest absolute Gasteiger partial charge is 0.395 e. The molecule has 2 rings (SSSR count). The van der Waals surface area contributed by atoms with E-state index in [1.54, 1.807) is 0 Å². The Morgan fingerprint density at radius 2 is 2.12 bits per heavy atom. The van der Waals surface area contributed by atoms with Crippen LogP contribution in [0.3, 0.4) is 0 Å². The zero-order chi connectivity index (χ0) is 11.7. The first-order chi connectivity index (χ1) is 7.63. The minimum absolute atomic E-state index is 0.121. The van der Waals surface area contributed by atoms with Crippen molar-refractivity contribution in [1.82, 2.24) is 4.57 Å². The van der Waals surface area contributed by atoms with Crippen molar-refractivity contribution in [1.29, 1.82) is 0 Å². The van der Waals surface area contributed by atoms with E-state index in [1.165, 1.54) is 28.8 Å². The molecule has 1 N–H and O–H groups in total. The summed E-state index contributed by atoms with van der Waals surface area (Å²) < 4.78 is 14.4. The Morgan fingerprint density at radius 1 is 1.38 bits per heavy atom. The van der Waals surface area contributed by atoms with Crippen LogP contribution in [0.1, 0.15) is 0 Å². The van der Waals surface area contributed by atoms with Crippen molar-refractivity contribution in [3.8, 4) is 0 Å². The Bertz CT molecular complexity index is 594. The summed E-state index contributed by atoms with van der Waals surface area (Å²) in [4.78, 5) is 11.6. The molecule has 0 saturated heterocycles. The molecule has 0 radical (unpaired) electrons. The lowest BCUT2D eigenvalue weighted by atomic mass is 10.2. The maximum absolute atomic E-state index is 13.1. The second kappa shape index (κ2) is 4.23. The number of benzene rings is 1. The van der Waals surface area contributed by atoms with Gasteiger partial charge in [0.1, 0.15) is 5.82 Å². The molecule has 0 saturated carbocycles. The van der Waals surface area contributed by atoms with Crippen LogP contribution in [0.25, 0.3) is 10.9 Å². The van der Waals surface area contributed by atoms with Crippen LogP contribution in [0, 0.1) is 5.82 Å². The van der Waals surface area contributed by atoms with Crippen molar-refractivity contribution < 1.29 is 9.50 Å². The predicted octanol–water partition coefficient (Wildman–Crippen LogP) is 1.79. The summed E-state index contributed by atoms with van der Waals surface area (Å²) in [5.74, 6) is -0.444. The molecular formula is C11H9ClFNO2. The van der Waals surface area contributed by atoms with Crippen LogP contribution in [-0.2, 0) is 6.54 Å². The number of hydrogen-bond acceptors (Lipinski definition) is 2. The third kappa shape index (κ3) is 1.81. The molecule has 0 spiro atoms. The first kappa shape index (κ1) is 11.1. The Kier molecular flexibility index (Phi) is 2.94. The highest BCUT2D eigenvalue weighted by Crippen LogP contribution is 2.22. The first-order valence-corrected chi connectivity index (χ1v) is 5.11. The van der Waals surface area contributed by atoms with E-state index >= 15 is 0 Å². The Balaban J connectivity index is 2.86. The third-order valence-corrected chi connectivity index (χ3v) is 2.66. The molecule has 5 heteroatoms. The van der Waals surface area contributed by atoms with Crippen LogP contribution in [0.4, 0.5) is 4.39 Å².